The van der Waals surface area contributed by atoms with Gasteiger partial charge in [-0.25, -0.2) is 0 Å². The number of alkyl halides is 3. The average Bonchev–Trinajstić information content (AvgIpc) is 2.93. The molecule has 5 heteroatoms. The average molecular weight is 431 g/mol. The molecule has 0 atom stereocenters. The van der Waals surface area contributed by atoms with Crippen molar-refractivity contribution >= 4 is 33.7 Å². The Hall–Kier alpha value is -3.47. The van der Waals surface area contributed by atoms with E-state index < -0.39 is 17.2 Å². The second-order valence-corrected chi connectivity index (χ2v) is 8.16. The summed E-state index contributed by atoms with van der Waals surface area (Å²) in [6.45, 7) is 0. The Morgan fingerprint density at radius 3 is 2.47 bits per heavy atom. The first-order chi connectivity index (χ1) is 15.4. The van der Waals surface area contributed by atoms with Crippen LogP contribution in [0.1, 0.15) is 40.9 Å². The van der Waals surface area contributed by atoms with Crippen LogP contribution in [0.5, 0.6) is 0 Å². The molecule has 0 fully saturated rings. The lowest BCUT2D eigenvalue weighted by Gasteiger charge is -2.14. The van der Waals surface area contributed by atoms with E-state index in [1.807, 2.05) is 24.3 Å². The smallest absolute Gasteiger partial charge is 0.289 e. The topological polar surface area (TPSA) is 30.0 Å². The summed E-state index contributed by atoms with van der Waals surface area (Å²) in [7, 11) is 0. The van der Waals surface area contributed by atoms with Crippen LogP contribution in [0.15, 0.2) is 65.5 Å². The minimum atomic E-state index is -4.53. The van der Waals surface area contributed by atoms with Crippen LogP contribution in [-0.2, 0) is 19.0 Å². The highest BCUT2D eigenvalue weighted by atomic mass is 19.4. The second kappa shape index (κ2) is 7.90. The van der Waals surface area contributed by atoms with Crippen LogP contribution in [0.25, 0.3) is 33.7 Å². The maximum atomic E-state index is 13.4. The number of aryl methyl sites for hydroxylation is 2. The third kappa shape index (κ3) is 3.79. The molecule has 5 rings (SSSR count). The summed E-state index contributed by atoms with van der Waals surface area (Å²) in [6, 6.07) is 16.2. The number of benzene rings is 2. The van der Waals surface area contributed by atoms with Gasteiger partial charge in [0.15, 0.2) is 5.43 Å². The summed E-state index contributed by atoms with van der Waals surface area (Å²) < 4.78 is 40.3. The fraction of sp³-hybridized carbons (Fsp3) is 0.185. The molecule has 0 saturated heterocycles. The van der Waals surface area contributed by atoms with Gasteiger partial charge in [-0.1, -0.05) is 48.5 Å². The first-order valence-corrected chi connectivity index (χ1v) is 10.6. The van der Waals surface area contributed by atoms with Gasteiger partial charge >= 0.3 is 6.18 Å². The van der Waals surface area contributed by atoms with E-state index in [-0.39, 0.29) is 10.8 Å². The Morgan fingerprint density at radius 2 is 1.62 bits per heavy atom. The molecule has 0 bridgehead atoms. The van der Waals surface area contributed by atoms with E-state index in [0.29, 0.717) is 10.8 Å². The van der Waals surface area contributed by atoms with Crippen molar-refractivity contribution in [3.8, 4) is 0 Å². The number of fused-ring (bicyclic) bond motifs is 3. The fourth-order valence-electron chi connectivity index (χ4n) is 4.40. The second-order valence-electron chi connectivity index (χ2n) is 8.16. The third-order valence-electron chi connectivity index (χ3n) is 6.05. The third-order valence-corrected chi connectivity index (χ3v) is 6.05. The molecule has 1 aromatic heterocycles. The van der Waals surface area contributed by atoms with Crippen LogP contribution < -0.4 is 5.43 Å². The Bertz CT molecular complexity index is 1440. The molecule has 4 aromatic rings. The highest BCUT2D eigenvalue weighted by Crippen LogP contribution is 2.34. The molecule has 0 radical (unpaired) electrons. The lowest BCUT2D eigenvalue weighted by atomic mass is 9.96. The molecule has 1 aliphatic rings. The van der Waals surface area contributed by atoms with Gasteiger partial charge in [0.2, 0.25) is 0 Å². The van der Waals surface area contributed by atoms with E-state index in [0.717, 1.165) is 42.3 Å². The molecule has 0 N–H and O–H groups in total. The summed E-state index contributed by atoms with van der Waals surface area (Å²) in [5.41, 5.74) is 2.90. The van der Waals surface area contributed by atoms with Gasteiger partial charge in [-0.15, -0.1) is 0 Å². The summed E-state index contributed by atoms with van der Waals surface area (Å²) in [5, 5.41) is 0.965. The van der Waals surface area contributed by atoms with Crippen LogP contribution in [0, 0.1) is 0 Å². The summed E-state index contributed by atoms with van der Waals surface area (Å²) in [4.78, 5) is 17.9. The van der Waals surface area contributed by atoms with Crippen molar-refractivity contribution in [2.24, 2.45) is 0 Å². The molecule has 1 aliphatic carbocycles. The number of rotatable bonds is 2. The molecule has 0 saturated carbocycles. The monoisotopic (exact) mass is 431 g/mol. The number of pyridine rings is 1. The Labute approximate surface area is 183 Å². The van der Waals surface area contributed by atoms with E-state index in [1.165, 1.54) is 30.2 Å². The minimum Gasteiger partial charge on any atom is -0.289 e. The van der Waals surface area contributed by atoms with Crippen LogP contribution in [0.4, 0.5) is 13.2 Å². The van der Waals surface area contributed by atoms with E-state index in [9.17, 15) is 18.0 Å². The van der Waals surface area contributed by atoms with Gasteiger partial charge in [-0.05, 0) is 71.9 Å². The lowest BCUT2D eigenvalue weighted by Crippen LogP contribution is -2.07. The first kappa shape index (κ1) is 20.4. The maximum absolute atomic E-state index is 13.4. The zero-order chi connectivity index (χ0) is 22.3. The first-order valence-electron chi connectivity index (χ1n) is 10.6. The molecule has 0 amide bonds. The van der Waals surface area contributed by atoms with Crippen molar-refractivity contribution in [2.45, 2.75) is 31.9 Å². The molecule has 3 aromatic carbocycles. The molecule has 0 aliphatic heterocycles. The quantitative estimate of drug-likeness (QED) is 0.349. The highest BCUT2D eigenvalue weighted by Gasteiger charge is 2.32. The van der Waals surface area contributed by atoms with Gasteiger partial charge < -0.3 is 0 Å². The molecule has 32 heavy (non-hydrogen) atoms. The van der Waals surface area contributed by atoms with Crippen molar-refractivity contribution in [3.63, 3.8) is 0 Å². The van der Waals surface area contributed by atoms with Crippen LogP contribution in [-0.4, -0.2) is 4.98 Å². The highest BCUT2D eigenvalue weighted by molar-refractivity contribution is 5.95. The van der Waals surface area contributed by atoms with Gasteiger partial charge in [0.1, 0.15) is 0 Å². The Morgan fingerprint density at radius 1 is 0.812 bits per heavy atom. The van der Waals surface area contributed by atoms with Crippen molar-refractivity contribution in [2.75, 3.05) is 0 Å². The molecule has 2 nitrogen and oxygen atoms in total. The fourth-order valence-corrected chi connectivity index (χ4v) is 4.40. The van der Waals surface area contributed by atoms with Gasteiger partial charge in [0, 0.05) is 16.5 Å². The van der Waals surface area contributed by atoms with Crippen LogP contribution in [0.3, 0.4) is 0 Å². The number of aromatic nitrogens is 1. The molecule has 0 unspecified atom stereocenters. The number of nitrogens with zero attached hydrogens (tertiary/aromatic N) is 1. The van der Waals surface area contributed by atoms with Gasteiger partial charge in [0.25, 0.3) is 0 Å². The van der Waals surface area contributed by atoms with Gasteiger partial charge in [-0.3, -0.25) is 9.78 Å². The predicted molar refractivity (Wildman–Crippen MR) is 123 cm³/mol. The molecule has 0 spiro atoms. The molecular weight excluding hydrogens is 411 g/mol. The Balaban J connectivity index is 1.59. The van der Waals surface area contributed by atoms with Gasteiger partial charge in [-0.2, -0.15) is 13.2 Å². The minimum absolute atomic E-state index is 0.0623. The number of halogens is 3. The summed E-state index contributed by atoms with van der Waals surface area (Å²) in [5.74, 6) is 0. The van der Waals surface area contributed by atoms with Gasteiger partial charge in [0.05, 0.1) is 11.3 Å². The predicted octanol–water partition coefficient (Wildman–Crippen LogP) is 6.82. The standard InChI is InChI=1S/C27H20F3NO/c28-27(29,30)24-6-3-5-22-21(24)15-12-18-10-8-17(16-23(18)26(22)32)9-13-20-14-11-19-4-1-2-7-25(19)31-20/h3,5-6,8-16H,1-2,4,7H2/b13-9+. The van der Waals surface area contributed by atoms with Crippen molar-refractivity contribution < 1.29 is 13.2 Å². The number of hydrogen-bond acceptors (Lipinski definition) is 2. The van der Waals surface area contributed by atoms with E-state index >= 15 is 0 Å². The van der Waals surface area contributed by atoms with E-state index in [4.69, 9.17) is 4.98 Å². The summed E-state index contributed by atoms with van der Waals surface area (Å²) in [6.07, 6.45) is 3.69. The lowest BCUT2D eigenvalue weighted by molar-refractivity contribution is -0.136. The maximum Gasteiger partial charge on any atom is 0.417 e. The largest absolute Gasteiger partial charge is 0.417 e. The van der Waals surface area contributed by atoms with Crippen molar-refractivity contribution in [1.82, 2.24) is 4.98 Å². The zero-order valence-electron chi connectivity index (χ0n) is 17.2. The summed E-state index contributed by atoms with van der Waals surface area (Å²) >= 11 is 0. The van der Waals surface area contributed by atoms with Crippen molar-refractivity contribution in [1.29, 1.82) is 0 Å². The van der Waals surface area contributed by atoms with E-state index in [2.05, 4.69) is 6.07 Å². The zero-order valence-corrected chi connectivity index (χ0v) is 17.2. The van der Waals surface area contributed by atoms with E-state index in [1.54, 1.807) is 18.2 Å². The molecular formula is C27H20F3NO. The SMILES string of the molecule is O=c1c2cc(/C=C/c3ccc4c(n3)CCCC4)ccc2ccc2c(C(F)(F)F)cccc12. The molecule has 160 valence electrons. The molecule has 1 heterocycles. The van der Waals surface area contributed by atoms with Crippen LogP contribution in [0.2, 0.25) is 0 Å². The number of hydrogen-bond donors (Lipinski definition) is 0. The van der Waals surface area contributed by atoms with Crippen LogP contribution >= 0.6 is 0 Å². The normalized spacial score (nSPS) is 14.2. The Kier molecular flexibility index (Phi) is 5.04. The van der Waals surface area contributed by atoms with Crippen molar-refractivity contribution in [3.05, 3.63) is 99.0 Å².